The van der Waals surface area contributed by atoms with Gasteiger partial charge in [-0.05, 0) is 37.5 Å². The van der Waals surface area contributed by atoms with Crippen LogP contribution in [0.2, 0.25) is 0 Å². The summed E-state index contributed by atoms with van der Waals surface area (Å²) in [6.45, 7) is 6.01. The van der Waals surface area contributed by atoms with E-state index >= 15 is 0 Å². The van der Waals surface area contributed by atoms with Crippen LogP contribution in [0.3, 0.4) is 0 Å². The highest BCUT2D eigenvalue weighted by atomic mass is 16.3. The third-order valence-electron chi connectivity index (χ3n) is 4.26. The predicted octanol–water partition coefficient (Wildman–Crippen LogP) is 0.143. The van der Waals surface area contributed by atoms with Gasteiger partial charge in [0, 0.05) is 6.54 Å². The minimum absolute atomic E-state index is 0.0259. The third kappa shape index (κ3) is 6.01. The van der Waals surface area contributed by atoms with Crippen molar-refractivity contribution in [2.75, 3.05) is 13.1 Å². The molecule has 122 valence electrons. The fourth-order valence-corrected chi connectivity index (χ4v) is 2.39. The Bertz CT molecular complexity index is 363. The van der Waals surface area contributed by atoms with Gasteiger partial charge in [0.1, 0.15) is 0 Å². The molecule has 0 saturated heterocycles. The molecule has 1 aliphatic carbocycles. The van der Waals surface area contributed by atoms with Crippen molar-refractivity contribution < 1.29 is 14.7 Å². The smallest absolute Gasteiger partial charge is 0.239 e. The van der Waals surface area contributed by atoms with Gasteiger partial charge in [-0.3, -0.25) is 9.59 Å². The highest BCUT2D eigenvalue weighted by molar-refractivity contribution is 5.87. The number of carbonyl (C=O) groups is 2. The molecule has 6 nitrogen and oxygen atoms in total. The average molecular weight is 299 g/mol. The number of nitrogens with one attached hydrogen (secondary N) is 2. The molecule has 0 aliphatic heterocycles. The number of amides is 2. The van der Waals surface area contributed by atoms with Crippen LogP contribution in [0.25, 0.3) is 0 Å². The molecule has 0 spiro atoms. The zero-order chi connectivity index (χ0) is 16.0. The van der Waals surface area contributed by atoms with Crippen LogP contribution in [0.15, 0.2) is 0 Å². The quantitative estimate of drug-likeness (QED) is 0.560. The zero-order valence-electron chi connectivity index (χ0n) is 13.3. The second kappa shape index (κ2) is 7.75. The second-order valence-corrected chi connectivity index (χ2v) is 6.67. The molecular formula is C15H29N3O3. The molecule has 1 atom stereocenters. The van der Waals surface area contributed by atoms with Crippen molar-refractivity contribution in [1.82, 2.24) is 10.6 Å². The molecule has 1 fully saturated rings. The largest absolute Gasteiger partial charge is 0.388 e. The summed E-state index contributed by atoms with van der Waals surface area (Å²) in [6, 6.07) is -0.609. The highest BCUT2D eigenvalue weighted by Gasteiger charge is 2.32. The third-order valence-corrected chi connectivity index (χ3v) is 4.26. The van der Waals surface area contributed by atoms with E-state index < -0.39 is 11.6 Å². The molecule has 0 aromatic carbocycles. The van der Waals surface area contributed by atoms with Gasteiger partial charge < -0.3 is 21.5 Å². The predicted molar refractivity (Wildman–Crippen MR) is 81.4 cm³/mol. The van der Waals surface area contributed by atoms with Crippen LogP contribution in [-0.2, 0) is 9.59 Å². The number of rotatable bonds is 6. The minimum Gasteiger partial charge on any atom is -0.388 e. The first-order chi connectivity index (χ1) is 9.73. The van der Waals surface area contributed by atoms with E-state index in [-0.39, 0.29) is 30.8 Å². The Morgan fingerprint density at radius 1 is 1.29 bits per heavy atom. The Balaban J connectivity index is 2.27. The molecule has 6 heteroatoms. The molecule has 1 rings (SSSR count). The lowest BCUT2D eigenvalue weighted by molar-refractivity contribution is -0.128. The molecule has 2 amide bonds. The molecule has 5 N–H and O–H groups in total. The summed E-state index contributed by atoms with van der Waals surface area (Å²) in [5.41, 5.74) is 4.88. The van der Waals surface area contributed by atoms with Crippen LogP contribution < -0.4 is 16.4 Å². The van der Waals surface area contributed by atoms with Crippen LogP contribution in [0.1, 0.15) is 46.5 Å². The second-order valence-electron chi connectivity index (χ2n) is 6.67. The fourth-order valence-electron chi connectivity index (χ4n) is 2.39. The van der Waals surface area contributed by atoms with E-state index in [0.29, 0.717) is 18.8 Å². The molecule has 1 saturated carbocycles. The van der Waals surface area contributed by atoms with E-state index in [1.165, 1.54) is 0 Å². The maximum atomic E-state index is 11.7. The van der Waals surface area contributed by atoms with Gasteiger partial charge in [-0.2, -0.15) is 0 Å². The number of nitrogens with two attached hydrogens (primary N) is 1. The van der Waals surface area contributed by atoms with E-state index in [0.717, 1.165) is 12.8 Å². The highest BCUT2D eigenvalue weighted by Crippen LogP contribution is 2.31. The summed E-state index contributed by atoms with van der Waals surface area (Å²) in [7, 11) is 0. The minimum atomic E-state index is -0.805. The Labute approximate surface area is 126 Å². The van der Waals surface area contributed by atoms with Crippen molar-refractivity contribution >= 4 is 11.8 Å². The lowest BCUT2D eigenvalue weighted by atomic mass is 9.79. The molecule has 0 bridgehead atoms. The van der Waals surface area contributed by atoms with Crippen LogP contribution in [0.5, 0.6) is 0 Å². The number of hydrogen-bond acceptors (Lipinski definition) is 4. The Hall–Kier alpha value is -1.14. The van der Waals surface area contributed by atoms with E-state index in [1.807, 2.05) is 13.8 Å². The molecule has 0 aromatic heterocycles. The van der Waals surface area contributed by atoms with Gasteiger partial charge in [-0.15, -0.1) is 0 Å². The van der Waals surface area contributed by atoms with E-state index in [9.17, 15) is 14.7 Å². The molecule has 21 heavy (non-hydrogen) atoms. The maximum Gasteiger partial charge on any atom is 0.239 e. The number of aliphatic hydroxyl groups is 1. The molecule has 0 radical (unpaired) electrons. The van der Waals surface area contributed by atoms with Crippen molar-refractivity contribution in [1.29, 1.82) is 0 Å². The summed E-state index contributed by atoms with van der Waals surface area (Å²) in [6.07, 6.45) is 3.37. The SMILES string of the molecule is CC1CCC(O)(CNC(=O)CNC(=O)[C@@H](N)C(C)C)CC1. The van der Waals surface area contributed by atoms with Gasteiger partial charge in [0.15, 0.2) is 0 Å². The summed E-state index contributed by atoms with van der Waals surface area (Å²) >= 11 is 0. The van der Waals surface area contributed by atoms with Crippen molar-refractivity contribution in [3.05, 3.63) is 0 Å². The van der Waals surface area contributed by atoms with E-state index in [1.54, 1.807) is 0 Å². The van der Waals surface area contributed by atoms with Crippen molar-refractivity contribution in [2.45, 2.75) is 58.1 Å². The monoisotopic (exact) mass is 299 g/mol. The van der Waals surface area contributed by atoms with Gasteiger partial charge >= 0.3 is 0 Å². The first kappa shape index (κ1) is 17.9. The van der Waals surface area contributed by atoms with Crippen LogP contribution in [0, 0.1) is 11.8 Å². The average Bonchev–Trinajstić information content (AvgIpc) is 2.45. The fraction of sp³-hybridized carbons (Fsp3) is 0.867. The van der Waals surface area contributed by atoms with Crippen LogP contribution in [-0.4, -0.2) is 41.7 Å². The molecule has 1 aliphatic rings. The summed E-state index contributed by atoms with van der Waals surface area (Å²) in [5.74, 6) is 0.0347. The first-order valence-corrected chi connectivity index (χ1v) is 7.76. The topological polar surface area (TPSA) is 104 Å². The Kier molecular flexibility index (Phi) is 6.61. The normalized spacial score (nSPS) is 27.2. The Morgan fingerprint density at radius 2 is 1.86 bits per heavy atom. The molecule has 0 aromatic rings. The van der Waals surface area contributed by atoms with Gasteiger partial charge in [0.25, 0.3) is 0 Å². The number of hydrogen-bond donors (Lipinski definition) is 4. The molecule has 0 heterocycles. The summed E-state index contributed by atoms with van der Waals surface area (Å²) in [5, 5.41) is 15.6. The van der Waals surface area contributed by atoms with Crippen LogP contribution >= 0.6 is 0 Å². The van der Waals surface area contributed by atoms with Crippen LogP contribution in [0.4, 0.5) is 0 Å². The summed E-state index contributed by atoms with van der Waals surface area (Å²) < 4.78 is 0. The van der Waals surface area contributed by atoms with Gasteiger partial charge in [0.05, 0.1) is 18.2 Å². The lowest BCUT2D eigenvalue weighted by Crippen LogP contribution is -2.50. The van der Waals surface area contributed by atoms with Gasteiger partial charge in [0.2, 0.25) is 11.8 Å². The van der Waals surface area contributed by atoms with Gasteiger partial charge in [-0.25, -0.2) is 0 Å². The number of carbonyl (C=O) groups excluding carboxylic acids is 2. The van der Waals surface area contributed by atoms with Gasteiger partial charge in [-0.1, -0.05) is 20.8 Å². The molecular weight excluding hydrogens is 270 g/mol. The van der Waals surface area contributed by atoms with E-state index in [2.05, 4.69) is 17.6 Å². The maximum absolute atomic E-state index is 11.7. The standard InChI is InChI=1S/C15H29N3O3/c1-10(2)13(16)14(20)17-8-12(19)18-9-15(21)6-4-11(3)5-7-15/h10-11,13,21H,4-9,16H2,1-3H3,(H,17,20)(H,18,19)/t11?,13-,15?/m0/s1. The molecule has 0 unspecified atom stereocenters. The lowest BCUT2D eigenvalue weighted by Gasteiger charge is -2.34. The van der Waals surface area contributed by atoms with Crippen molar-refractivity contribution in [3.63, 3.8) is 0 Å². The first-order valence-electron chi connectivity index (χ1n) is 7.76. The Morgan fingerprint density at radius 3 is 2.38 bits per heavy atom. The summed E-state index contributed by atoms with van der Waals surface area (Å²) in [4.78, 5) is 23.3. The zero-order valence-corrected chi connectivity index (χ0v) is 13.3. The van der Waals surface area contributed by atoms with E-state index in [4.69, 9.17) is 5.73 Å². The van der Waals surface area contributed by atoms with Crippen molar-refractivity contribution in [3.8, 4) is 0 Å². The van der Waals surface area contributed by atoms with Crippen molar-refractivity contribution in [2.24, 2.45) is 17.6 Å².